The average molecular weight is 229 g/mol. The lowest BCUT2D eigenvalue weighted by atomic mass is 10.1. The highest BCUT2D eigenvalue weighted by molar-refractivity contribution is 6.32. The summed E-state index contributed by atoms with van der Waals surface area (Å²) in [5.74, 6) is 0.320. The predicted molar refractivity (Wildman–Crippen MR) is 58.3 cm³/mol. The number of methoxy groups -OCH3 is 1. The third-order valence-corrected chi connectivity index (χ3v) is 2.18. The zero-order valence-electron chi connectivity index (χ0n) is 8.75. The van der Waals surface area contributed by atoms with Gasteiger partial charge in [0, 0.05) is 0 Å². The van der Waals surface area contributed by atoms with Gasteiger partial charge in [-0.05, 0) is 24.6 Å². The summed E-state index contributed by atoms with van der Waals surface area (Å²) < 4.78 is 9.88. The van der Waals surface area contributed by atoms with Gasteiger partial charge in [0.2, 0.25) is 0 Å². The second kappa shape index (κ2) is 5.61. The summed E-state index contributed by atoms with van der Waals surface area (Å²) in [6.45, 7) is 2.17. The van der Waals surface area contributed by atoms with Crippen molar-refractivity contribution >= 4 is 17.6 Å². The van der Waals surface area contributed by atoms with E-state index in [2.05, 4.69) is 0 Å². The van der Waals surface area contributed by atoms with E-state index in [1.54, 1.807) is 25.1 Å². The standard InChI is InChI=1S/C11H13ClO3/c1-3-15-11(13)7-8-4-5-9(12)10(6-8)14-2/h4-6H,3,7H2,1-2H3. The maximum absolute atomic E-state index is 11.2. The van der Waals surface area contributed by atoms with Crippen molar-refractivity contribution in [1.29, 1.82) is 0 Å². The zero-order valence-corrected chi connectivity index (χ0v) is 9.50. The molecule has 0 fully saturated rings. The van der Waals surface area contributed by atoms with Crippen LogP contribution in [0.1, 0.15) is 12.5 Å². The molecule has 1 rings (SSSR count). The van der Waals surface area contributed by atoms with Gasteiger partial charge in [0.25, 0.3) is 0 Å². The molecule has 0 radical (unpaired) electrons. The summed E-state index contributed by atoms with van der Waals surface area (Å²) in [6, 6.07) is 5.22. The van der Waals surface area contributed by atoms with Gasteiger partial charge in [0.1, 0.15) is 5.75 Å². The van der Waals surface area contributed by atoms with Gasteiger partial charge in [-0.25, -0.2) is 0 Å². The highest BCUT2D eigenvalue weighted by Crippen LogP contribution is 2.25. The van der Waals surface area contributed by atoms with Crippen LogP contribution in [0.2, 0.25) is 5.02 Å². The first-order valence-electron chi connectivity index (χ1n) is 4.65. The van der Waals surface area contributed by atoms with Gasteiger partial charge in [-0.2, -0.15) is 0 Å². The van der Waals surface area contributed by atoms with Crippen LogP contribution in [0.25, 0.3) is 0 Å². The Morgan fingerprint density at radius 2 is 2.20 bits per heavy atom. The number of rotatable bonds is 4. The van der Waals surface area contributed by atoms with Crippen molar-refractivity contribution in [3.05, 3.63) is 28.8 Å². The molecule has 82 valence electrons. The normalized spacial score (nSPS) is 9.80. The Kier molecular flexibility index (Phi) is 4.43. The molecule has 1 aromatic carbocycles. The lowest BCUT2D eigenvalue weighted by Gasteiger charge is -2.06. The van der Waals surface area contributed by atoms with E-state index < -0.39 is 0 Å². The number of ether oxygens (including phenoxy) is 2. The number of hydrogen-bond donors (Lipinski definition) is 0. The van der Waals surface area contributed by atoms with Gasteiger partial charge in [-0.1, -0.05) is 17.7 Å². The minimum absolute atomic E-state index is 0.237. The number of esters is 1. The average Bonchev–Trinajstić information content (AvgIpc) is 2.21. The van der Waals surface area contributed by atoms with Crippen molar-refractivity contribution < 1.29 is 14.3 Å². The summed E-state index contributed by atoms with van der Waals surface area (Å²) in [5.41, 5.74) is 0.828. The largest absolute Gasteiger partial charge is 0.495 e. The van der Waals surface area contributed by atoms with E-state index in [0.717, 1.165) is 5.56 Å². The fourth-order valence-corrected chi connectivity index (χ4v) is 1.39. The molecule has 0 saturated heterocycles. The van der Waals surface area contributed by atoms with E-state index in [-0.39, 0.29) is 12.4 Å². The van der Waals surface area contributed by atoms with Gasteiger partial charge in [-0.15, -0.1) is 0 Å². The molecule has 0 atom stereocenters. The minimum atomic E-state index is -0.248. The van der Waals surface area contributed by atoms with Gasteiger partial charge in [0.05, 0.1) is 25.2 Å². The van der Waals surface area contributed by atoms with Crippen LogP contribution in [0.3, 0.4) is 0 Å². The molecule has 0 spiro atoms. The second-order valence-corrected chi connectivity index (χ2v) is 3.36. The van der Waals surface area contributed by atoms with Gasteiger partial charge in [-0.3, -0.25) is 4.79 Å². The number of hydrogen-bond acceptors (Lipinski definition) is 3. The lowest BCUT2D eigenvalue weighted by molar-refractivity contribution is -0.142. The van der Waals surface area contributed by atoms with Crippen LogP contribution in [0.4, 0.5) is 0 Å². The molecular weight excluding hydrogens is 216 g/mol. The van der Waals surface area contributed by atoms with E-state index in [1.807, 2.05) is 0 Å². The molecule has 0 aliphatic carbocycles. The Bertz CT molecular complexity index is 350. The molecule has 0 aliphatic heterocycles. The number of carbonyl (C=O) groups excluding carboxylic acids is 1. The quantitative estimate of drug-likeness (QED) is 0.743. The smallest absolute Gasteiger partial charge is 0.310 e. The second-order valence-electron chi connectivity index (χ2n) is 2.95. The van der Waals surface area contributed by atoms with Crippen molar-refractivity contribution in [3.63, 3.8) is 0 Å². The Morgan fingerprint density at radius 3 is 2.80 bits per heavy atom. The summed E-state index contributed by atoms with van der Waals surface area (Å²) in [5, 5.41) is 0.533. The molecular formula is C11H13ClO3. The van der Waals surface area contributed by atoms with Crippen LogP contribution in [0.15, 0.2) is 18.2 Å². The van der Waals surface area contributed by atoms with Gasteiger partial charge in [0.15, 0.2) is 0 Å². The van der Waals surface area contributed by atoms with Crippen molar-refractivity contribution in [2.75, 3.05) is 13.7 Å². The van der Waals surface area contributed by atoms with E-state index in [4.69, 9.17) is 21.1 Å². The van der Waals surface area contributed by atoms with Crippen LogP contribution in [0.5, 0.6) is 5.75 Å². The molecule has 3 nitrogen and oxygen atoms in total. The van der Waals surface area contributed by atoms with E-state index >= 15 is 0 Å². The minimum Gasteiger partial charge on any atom is -0.495 e. The molecule has 0 unspecified atom stereocenters. The molecule has 1 aromatic rings. The Hall–Kier alpha value is -1.22. The first-order chi connectivity index (χ1) is 7.17. The fourth-order valence-electron chi connectivity index (χ4n) is 1.19. The first kappa shape index (κ1) is 11.9. The van der Waals surface area contributed by atoms with Gasteiger partial charge >= 0.3 is 5.97 Å². The van der Waals surface area contributed by atoms with Gasteiger partial charge < -0.3 is 9.47 Å². The third kappa shape index (κ3) is 3.44. The monoisotopic (exact) mass is 228 g/mol. The molecule has 0 heterocycles. The fraction of sp³-hybridized carbons (Fsp3) is 0.364. The first-order valence-corrected chi connectivity index (χ1v) is 5.03. The number of halogens is 1. The molecule has 0 N–H and O–H groups in total. The topological polar surface area (TPSA) is 35.5 Å². The highest BCUT2D eigenvalue weighted by Gasteiger charge is 2.07. The molecule has 0 aliphatic rings. The molecule has 0 saturated carbocycles. The lowest BCUT2D eigenvalue weighted by Crippen LogP contribution is -2.07. The van der Waals surface area contributed by atoms with Crippen LogP contribution in [0, 0.1) is 0 Å². The molecule has 15 heavy (non-hydrogen) atoms. The summed E-state index contributed by atoms with van der Waals surface area (Å²) >= 11 is 5.85. The van der Waals surface area contributed by atoms with Crippen molar-refractivity contribution in [2.24, 2.45) is 0 Å². The van der Waals surface area contributed by atoms with Crippen molar-refractivity contribution in [2.45, 2.75) is 13.3 Å². The SMILES string of the molecule is CCOC(=O)Cc1ccc(Cl)c(OC)c1. The zero-order chi connectivity index (χ0) is 11.3. The number of benzene rings is 1. The van der Waals surface area contributed by atoms with Crippen LogP contribution >= 0.6 is 11.6 Å². The Balaban J connectivity index is 2.74. The van der Waals surface area contributed by atoms with E-state index in [9.17, 15) is 4.79 Å². The molecule has 0 aromatic heterocycles. The van der Waals surface area contributed by atoms with E-state index in [1.165, 1.54) is 7.11 Å². The van der Waals surface area contributed by atoms with Crippen molar-refractivity contribution in [1.82, 2.24) is 0 Å². The number of carbonyl (C=O) groups is 1. The molecule has 4 heteroatoms. The summed E-state index contributed by atoms with van der Waals surface area (Å²) in [4.78, 5) is 11.2. The van der Waals surface area contributed by atoms with Crippen LogP contribution < -0.4 is 4.74 Å². The maximum atomic E-state index is 11.2. The Morgan fingerprint density at radius 1 is 1.47 bits per heavy atom. The molecule has 0 amide bonds. The summed E-state index contributed by atoms with van der Waals surface area (Å²) in [7, 11) is 1.54. The van der Waals surface area contributed by atoms with E-state index in [0.29, 0.717) is 17.4 Å². The van der Waals surface area contributed by atoms with Crippen molar-refractivity contribution in [3.8, 4) is 5.75 Å². The molecule has 0 bridgehead atoms. The highest BCUT2D eigenvalue weighted by atomic mass is 35.5. The Labute approximate surface area is 93.9 Å². The maximum Gasteiger partial charge on any atom is 0.310 e. The van der Waals surface area contributed by atoms with Crippen LogP contribution in [-0.2, 0) is 16.0 Å². The van der Waals surface area contributed by atoms with Crippen LogP contribution in [-0.4, -0.2) is 19.7 Å². The predicted octanol–water partition coefficient (Wildman–Crippen LogP) is 2.45. The summed E-state index contributed by atoms with van der Waals surface area (Å²) in [6.07, 6.45) is 0.237. The third-order valence-electron chi connectivity index (χ3n) is 1.87.